The Morgan fingerprint density at radius 3 is 1.71 bits per heavy atom. The van der Waals surface area contributed by atoms with Crippen molar-refractivity contribution in [2.24, 2.45) is 0 Å². The van der Waals surface area contributed by atoms with Crippen LogP contribution in [0.1, 0.15) is 0 Å². The molecule has 0 bridgehead atoms. The van der Waals surface area contributed by atoms with Crippen molar-refractivity contribution in [1.82, 2.24) is 0 Å². The van der Waals surface area contributed by atoms with E-state index in [0.29, 0.717) is 5.56 Å². The van der Waals surface area contributed by atoms with E-state index in [1.807, 2.05) is 0 Å². The predicted molar refractivity (Wildman–Crippen MR) is 137 cm³/mol. The third kappa shape index (κ3) is 5.67. The molecule has 2 saturated heterocycles. The van der Waals surface area contributed by atoms with E-state index < -0.39 is 74.6 Å². The summed E-state index contributed by atoms with van der Waals surface area (Å²) in [6, 6.07) is 10.4. The lowest BCUT2D eigenvalue weighted by Gasteiger charge is -2.39. The van der Waals surface area contributed by atoms with Crippen molar-refractivity contribution >= 4 is 11.0 Å². The Bertz CT molecular complexity index is 1390. The van der Waals surface area contributed by atoms with Crippen LogP contribution in [0.15, 0.2) is 57.9 Å². The fraction of sp³-hybridized carbons (Fsp3) is 0.444. The highest BCUT2D eigenvalue weighted by Gasteiger charge is 2.45. The van der Waals surface area contributed by atoms with Gasteiger partial charge in [0.15, 0.2) is 5.43 Å². The quantitative estimate of drug-likeness (QED) is 0.149. The molecule has 3 aromatic rings. The van der Waals surface area contributed by atoms with E-state index in [0.717, 1.165) is 0 Å². The second-order valence-electron chi connectivity index (χ2n) is 9.79. The van der Waals surface area contributed by atoms with Crippen molar-refractivity contribution in [1.29, 1.82) is 0 Å². The minimum Gasteiger partial charge on any atom is -0.463 e. The SMILES string of the molecule is O=c1c(-c2ccc(O[C@H]3O[C@H](CO)[C@@H](O)[C@H](O)[C@H]3O)cc2)coc2cc(O[C@H]3O[C@H](CO)[C@@H](O)[C@H](O)[C@H]3O)ccc12. The molecular formula is C27H30O14. The maximum atomic E-state index is 13.2. The molecule has 2 aliphatic rings. The molecule has 14 nitrogen and oxygen atoms in total. The predicted octanol–water partition coefficient (Wildman–Crippen LogP) is -2.18. The molecule has 0 radical (unpaired) electrons. The van der Waals surface area contributed by atoms with Crippen LogP contribution < -0.4 is 14.9 Å². The molecule has 5 rings (SSSR count). The van der Waals surface area contributed by atoms with Crippen LogP contribution in [0.2, 0.25) is 0 Å². The zero-order valence-electron chi connectivity index (χ0n) is 21.3. The highest BCUT2D eigenvalue weighted by atomic mass is 16.7. The van der Waals surface area contributed by atoms with Crippen LogP contribution in [-0.4, -0.2) is 115 Å². The molecule has 0 unspecified atom stereocenters. The Hall–Kier alpha value is -3.15. The fourth-order valence-corrected chi connectivity index (χ4v) is 4.69. The van der Waals surface area contributed by atoms with E-state index in [2.05, 4.69) is 0 Å². The summed E-state index contributed by atoms with van der Waals surface area (Å²) in [6.45, 7) is -1.20. The summed E-state index contributed by atoms with van der Waals surface area (Å²) in [6.07, 6.45) is -13.2. The summed E-state index contributed by atoms with van der Waals surface area (Å²) >= 11 is 0. The number of benzene rings is 2. The third-order valence-electron chi connectivity index (χ3n) is 7.11. The summed E-state index contributed by atoms with van der Waals surface area (Å²) in [5.74, 6) is 0.352. The summed E-state index contributed by atoms with van der Waals surface area (Å²) in [7, 11) is 0. The van der Waals surface area contributed by atoms with Crippen molar-refractivity contribution in [3.8, 4) is 22.6 Å². The van der Waals surface area contributed by atoms with E-state index in [9.17, 15) is 45.6 Å². The molecule has 0 saturated carbocycles. The van der Waals surface area contributed by atoms with Gasteiger partial charge in [0.1, 0.15) is 72.2 Å². The minimum absolute atomic E-state index is 0.132. The summed E-state index contributed by atoms with van der Waals surface area (Å²) in [5.41, 5.74) is 0.486. The van der Waals surface area contributed by atoms with Crippen LogP contribution in [0, 0.1) is 0 Å². The number of fused-ring (bicyclic) bond motifs is 1. The van der Waals surface area contributed by atoms with Gasteiger partial charge in [0.25, 0.3) is 0 Å². The average molecular weight is 579 g/mol. The molecule has 0 spiro atoms. The molecule has 41 heavy (non-hydrogen) atoms. The monoisotopic (exact) mass is 578 g/mol. The number of ether oxygens (including phenoxy) is 4. The second-order valence-corrected chi connectivity index (χ2v) is 9.79. The molecule has 3 heterocycles. The Morgan fingerprint density at radius 1 is 0.659 bits per heavy atom. The highest BCUT2D eigenvalue weighted by Crippen LogP contribution is 2.29. The van der Waals surface area contributed by atoms with Crippen molar-refractivity contribution in [2.75, 3.05) is 13.2 Å². The van der Waals surface area contributed by atoms with Gasteiger partial charge in [-0.1, -0.05) is 12.1 Å². The van der Waals surface area contributed by atoms with Gasteiger partial charge in [0, 0.05) is 6.07 Å². The largest absolute Gasteiger partial charge is 0.463 e. The van der Waals surface area contributed by atoms with Crippen molar-refractivity contribution in [3.05, 3.63) is 59.0 Å². The number of rotatable bonds is 7. The lowest BCUT2D eigenvalue weighted by molar-refractivity contribution is -0.277. The zero-order valence-corrected chi connectivity index (χ0v) is 21.3. The van der Waals surface area contributed by atoms with E-state index in [-0.39, 0.29) is 33.5 Å². The van der Waals surface area contributed by atoms with Gasteiger partial charge in [-0.25, -0.2) is 0 Å². The van der Waals surface area contributed by atoms with Crippen molar-refractivity contribution in [2.45, 2.75) is 61.4 Å². The molecule has 14 heteroatoms. The molecule has 2 aromatic carbocycles. The van der Waals surface area contributed by atoms with Crippen molar-refractivity contribution < 1.29 is 64.2 Å². The van der Waals surface area contributed by atoms with E-state index in [1.54, 1.807) is 12.1 Å². The number of aliphatic hydroxyl groups is 8. The second kappa shape index (κ2) is 12.0. The van der Waals surface area contributed by atoms with Crippen LogP contribution in [0.4, 0.5) is 0 Å². The lowest BCUT2D eigenvalue weighted by Crippen LogP contribution is -2.60. The normalized spacial score (nSPS) is 34.0. The van der Waals surface area contributed by atoms with Gasteiger partial charge in [0.2, 0.25) is 12.6 Å². The van der Waals surface area contributed by atoms with Crippen molar-refractivity contribution in [3.63, 3.8) is 0 Å². The van der Waals surface area contributed by atoms with Crippen LogP contribution in [0.25, 0.3) is 22.1 Å². The lowest BCUT2D eigenvalue weighted by atomic mass is 9.99. The van der Waals surface area contributed by atoms with Gasteiger partial charge in [-0.3, -0.25) is 4.79 Å². The Balaban J connectivity index is 1.31. The first kappa shape index (κ1) is 29.3. The molecule has 8 N–H and O–H groups in total. The first-order valence-electron chi connectivity index (χ1n) is 12.7. The van der Waals surface area contributed by atoms with E-state index in [1.165, 1.54) is 36.6 Å². The van der Waals surface area contributed by atoms with Gasteiger partial charge in [0.05, 0.1) is 24.2 Å². The van der Waals surface area contributed by atoms with E-state index >= 15 is 0 Å². The smallest absolute Gasteiger partial charge is 0.229 e. The van der Waals surface area contributed by atoms with Gasteiger partial charge >= 0.3 is 0 Å². The Kier molecular flexibility index (Phi) is 8.58. The fourth-order valence-electron chi connectivity index (χ4n) is 4.69. The summed E-state index contributed by atoms with van der Waals surface area (Å²) < 4.78 is 27.5. The molecule has 1 aromatic heterocycles. The first-order chi connectivity index (χ1) is 19.6. The maximum Gasteiger partial charge on any atom is 0.229 e. The van der Waals surface area contributed by atoms with Crippen LogP contribution in [0.3, 0.4) is 0 Å². The van der Waals surface area contributed by atoms with E-state index in [4.69, 9.17) is 23.4 Å². The number of aliphatic hydroxyl groups excluding tert-OH is 8. The molecule has 2 fully saturated rings. The van der Waals surface area contributed by atoms with Gasteiger partial charge < -0.3 is 64.2 Å². The molecule has 222 valence electrons. The van der Waals surface area contributed by atoms with Gasteiger partial charge in [-0.2, -0.15) is 0 Å². The average Bonchev–Trinajstić information content (AvgIpc) is 2.98. The maximum absolute atomic E-state index is 13.2. The number of hydrogen-bond acceptors (Lipinski definition) is 14. The Morgan fingerprint density at radius 2 is 1.17 bits per heavy atom. The van der Waals surface area contributed by atoms with Crippen LogP contribution in [-0.2, 0) is 9.47 Å². The van der Waals surface area contributed by atoms with Crippen LogP contribution >= 0.6 is 0 Å². The van der Waals surface area contributed by atoms with Crippen LogP contribution in [0.5, 0.6) is 11.5 Å². The van der Waals surface area contributed by atoms with Gasteiger partial charge in [-0.15, -0.1) is 0 Å². The standard InChI is InChI=1S/C27H30O14/c28-8-17-20(31)22(33)24(35)26(40-17)38-12-3-1-11(2-4-12)15-10-37-16-7-13(5-6-14(16)19(15)30)39-27-25(36)23(34)21(32)18(9-29)41-27/h1-7,10,17-18,20-29,31-36H,8-9H2/t17-,18-,20-,21-,22+,23+,24-,25-,26+,27+/m1/s1. The summed E-state index contributed by atoms with van der Waals surface area (Å²) in [4.78, 5) is 13.2. The summed E-state index contributed by atoms with van der Waals surface area (Å²) in [5, 5.41) is 79.0. The first-order valence-corrected chi connectivity index (χ1v) is 12.7. The number of hydrogen-bond donors (Lipinski definition) is 8. The Labute approximate surface area is 231 Å². The third-order valence-corrected chi connectivity index (χ3v) is 7.11. The molecule has 10 atom stereocenters. The molecule has 0 amide bonds. The van der Waals surface area contributed by atoms with Gasteiger partial charge in [-0.05, 0) is 29.8 Å². The highest BCUT2D eigenvalue weighted by molar-refractivity contribution is 5.82. The molecule has 0 aliphatic carbocycles. The topological polar surface area (TPSA) is 229 Å². The minimum atomic E-state index is -1.61. The molecule has 2 aliphatic heterocycles. The zero-order chi connectivity index (χ0) is 29.4. The molecular weight excluding hydrogens is 548 g/mol.